The fraction of sp³-hybridized carbons (Fsp3) is 0.600. The van der Waals surface area contributed by atoms with Gasteiger partial charge in [0, 0.05) is 37.8 Å². The van der Waals surface area contributed by atoms with Crippen LogP contribution in [0.4, 0.5) is 0 Å². The van der Waals surface area contributed by atoms with Gasteiger partial charge in [-0.15, -0.1) is 0 Å². The molecule has 1 fully saturated rings. The maximum Gasteiger partial charge on any atom is 0.119 e. The van der Waals surface area contributed by atoms with Gasteiger partial charge < -0.3 is 10.2 Å². The number of phenolic OH excluding ortho intramolecular Hbond substituents is 2. The minimum Gasteiger partial charge on any atom is -0.508 e. The van der Waals surface area contributed by atoms with Gasteiger partial charge in [-0.3, -0.25) is 9.80 Å². The van der Waals surface area contributed by atoms with E-state index in [0.29, 0.717) is 6.04 Å². The predicted octanol–water partition coefficient (Wildman–Crippen LogP) is 2.18. The molecule has 0 spiro atoms. The molecular formula is C15H24N2O2. The predicted molar refractivity (Wildman–Crippen MR) is 76.5 cm³/mol. The SMILES string of the molecule is CCN1CCN(C(C)c2cc(O)cc(O)c2)CC1C. The number of aromatic hydroxyl groups is 2. The Labute approximate surface area is 115 Å². The monoisotopic (exact) mass is 264 g/mol. The van der Waals surface area contributed by atoms with Gasteiger partial charge in [0.2, 0.25) is 0 Å². The normalized spacial score (nSPS) is 23.4. The van der Waals surface area contributed by atoms with Crippen molar-refractivity contribution in [2.75, 3.05) is 26.2 Å². The number of likely N-dealkylation sites (N-methyl/N-ethyl adjacent to an activating group) is 1. The molecule has 1 aromatic carbocycles. The molecule has 0 aliphatic carbocycles. The van der Waals surface area contributed by atoms with Crippen LogP contribution in [0.3, 0.4) is 0 Å². The highest BCUT2D eigenvalue weighted by Crippen LogP contribution is 2.29. The lowest BCUT2D eigenvalue weighted by Gasteiger charge is -2.42. The number of hydrogen-bond donors (Lipinski definition) is 2. The van der Waals surface area contributed by atoms with Gasteiger partial charge in [0.1, 0.15) is 11.5 Å². The Morgan fingerprint density at radius 1 is 1.21 bits per heavy atom. The zero-order valence-electron chi connectivity index (χ0n) is 12.0. The average molecular weight is 264 g/mol. The minimum atomic E-state index is 0.127. The third-order valence-electron chi connectivity index (χ3n) is 4.16. The van der Waals surface area contributed by atoms with E-state index in [0.717, 1.165) is 31.7 Å². The quantitative estimate of drug-likeness (QED) is 0.878. The molecule has 4 heteroatoms. The van der Waals surface area contributed by atoms with Crippen molar-refractivity contribution >= 4 is 0 Å². The van der Waals surface area contributed by atoms with E-state index < -0.39 is 0 Å². The van der Waals surface area contributed by atoms with E-state index in [2.05, 4.69) is 30.6 Å². The highest BCUT2D eigenvalue weighted by Gasteiger charge is 2.26. The summed E-state index contributed by atoms with van der Waals surface area (Å²) in [6.07, 6.45) is 0. The van der Waals surface area contributed by atoms with Crippen LogP contribution in [0, 0.1) is 0 Å². The van der Waals surface area contributed by atoms with Crippen molar-refractivity contribution in [2.45, 2.75) is 32.9 Å². The number of piperazine rings is 1. The molecule has 1 aromatic rings. The van der Waals surface area contributed by atoms with Gasteiger partial charge in [0.05, 0.1) is 0 Å². The second kappa shape index (κ2) is 5.80. The summed E-state index contributed by atoms with van der Waals surface area (Å²) in [6, 6.07) is 5.60. The van der Waals surface area contributed by atoms with Gasteiger partial charge in [0.25, 0.3) is 0 Å². The lowest BCUT2D eigenvalue weighted by Crippen LogP contribution is -2.52. The van der Waals surface area contributed by atoms with Crippen LogP contribution in [0.5, 0.6) is 11.5 Å². The minimum absolute atomic E-state index is 0.127. The molecule has 19 heavy (non-hydrogen) atoms. The highest BCUT2D eigenvalue weighted by molar-refractivity contribution is 5.38. The Kier molecular flexibility index (Phi) is 4.32. The molecule has 0 radical (unpaired) electrons. The summed E-state index contributed by atoms with van der Waals surface area (Å²) in [5.41, 5.74) is 0.967. The largest absolute Gasteiger partial charge is 0.508 e. The number of rotatable bonds is 3. The van der Waals surface area contributed by atoms with Crippen LogP contribution in [-0.4, -0.2) is 52.2 Å². The molecule has 1 heterocycles. The molecule has 2 N–H and O–H groups in total. The van der Waals surface area contributed by atoms with Crippen LogP contribution in [0.1, 0.15) is 32.4 Å². The Hall–Kier alpha value is -1.26. The fourth-order valence-corrected chi connectivity index (χ4v) is 2.92. The number of benzene rings is 1. The van der Waals surface area contributed by atoms with Crippen LogP contribution < -0.4 is 0 Å². The van der Waals surface area contributed by atoms with E-state index in [1.165, 1.54) is 6.07 Å². The number of nitrogens with zero attached hydrogens (tertiary/aromatic N) is 2. The lowest BCUT2D eigenvalue weighted by molar-refractivity contribution is 0.0634. The highest BCUT2D eigenvalue weighted by atomic mass is 16.3. The summed E-state index contributed by atoms with van der Waals surface area (Å²) < 4.78 is 0. The molecule has 1 aliphatic rings. The van der Waals surface area contributed by atoms with Crippen molar-refractivity contribution in [1.29, 1.82) is 0 Å². The molecule has 0 amide bonds. The summed E-state index contributed by atoms with van der Waals surface area (Å²) in [5, 5.41) is 19.2. The molecule has 0 aromatic heterocycles. The van der Waals surface area contributed by atoms with Crippen LogP contribution >= 0.6 is 0 Å². The topological polar surface area (TPSA) is 46.9 Å². The van der Waals surface area contributed by atoms with Crippen molar-refractivity contribution in [3.05, 3.63) is 23.8 Å². The van der Waals surface area contributed by atoms with E-state index >= 15 is 0 Å². The first-order valence-corrected chi connectivity index (χ1v) is 7.02. The first-order chi connectivity index (χ1) is 9.01. The first-order valence-electron chi connectivity index (χ1n) is 7.02. The van der Waals surface area contributed by atoms with Gasteiger partial charge in [0.15, 0.2) is 0 Å². The number of hydrogen-bond acceptors (Lipinski definition) is 4. The van der Waals surface area contributed by atoms with Gasteiger partial charge in [-0.2, -0.15) is 0 Å². The Morgan fingerprint density at radius 2 is 1.84 bits per heavy atom. The van der Waals surface area contributed by atoms with Gasteiger partial charge in [-0.1, -0.05) is 6.92 Å². The van der Waals surface area contributed by atoms with E-state index in [1.54, 1.807) is 12.1 Å². The maximum atomic E-state index is 9.59. The molecule has 2 atom stereocenters. The first kappa shape index (κ1) is 14.2. The van der Waals surface area contributed by atoms with Gasteiger partial charge >= 0.3 is 0 Å². The van der Waals surface area contributed by atoms with E-state index in [-0.39, 0.29) is 17.5 Å². The Morgan fingerprint density at radius 3 is 2.37 bits per heavy atom. The summed E-state index contributed by atoms with van der Waals surface area (Å²) in [4.78, 5) is 4.88. The average Bonchev–Trinajstić information content (AvgIpc) is 2.36. The van der Waals surface area contributed by atoms with Crippen molar-refractivity contribution in [1.82, 2.24) is 9.80 Å². The molecule has 4 nitrogen and oxygen atoms in total. The van der Waals surface area contributed by atoms with E-state index in [9.17, 15) is 10.2 Å². The molecule has 1 saturated heterocycles. The summed E-state index contributed by atoms with van der Waals surface area (Å²) in [7, 11) is 0. The van der Waals surface area contributed by atoms with Crippen LogP contribution in [-0.2, 0) is 0 Å². The maximum absolute atomic E-state index is 9.59. The molecule has 0 saturated carbocycles. The van der Waals surface area contributed by atoms with Crippen LogP contribution in [0.2, 0.25) is 0 Å². The van der Waals surface area contributed by atoms with Crippen molar-refractivity contribution in [3.8, 4) is 11.5 Å². The zero-order chi connectivity index (χ0) is 14.0. The Bertz CT molecular complexity index is 416. The fourth-order valence-electron chi connectivity index (χ4n) is 2.92. The smallest absolute Gasteiger partial charge is 0.119 e. The summed E-state index contributed by atoms with van der Waals surface area (Å²) >= 11 is 0. The van der Waals surface area contributed by atoms with Crippen molar-refractivity contribution < 1.29 is 10.2 Å². The van der Waals surface area contributed by atoms with E-state index in [4.69, 9.17) is 0 Å². The second-order valence-corrected chi connectivity index (χ2v) is 5.43. The standard InChI is InChI=1S/C15H24N2O2/c1-4-16-5-6-17(10-11(16)2)12(3)13-7-14(18)9-15(19)8-13/h7-9,11-12,18-19H,4-6,10H2,1-3H3. The lowest BCUT2D eigenvalue weighted by atomic mass is 10.0. The Balaban J connectivity index is 2.09. The molecule has 2 rings (SSSR count). The third-order valence-corrected chi connectivity index (χ3v) is 4.16. The van der Waals surface area contributed by atoms with E-state index in [1.807, 2.05) is 0 Å². The zero-order valence-corrected chi connectivity index (χ0v) is 12.0. The molecule has 2 unspecified atom stereocenters. The number of phenols is 2. The van der Waals surface area contributed by atoms with Crippen molar-refractivity contribution in [3.63, 3.8) is 0 Å². The second-order valence-electron chi connectivity index (χ2n) is 5.43. The van der Waals surface area contributed by atoms with Crippen molar-refractivity contribution in [2.24, 2.45) is 0 Å². The van der Waals surface area contributed by atoms with Crippen LogP contribution in [0.25, 0.3) is 0 Å². The summed E-state index contributed by atoms with van der Waals surface area (Å²) in [5.74, 6) is 0.254. The molecule has 1 aliphatic heterocycles. The molecule has 106 valence electrons. The van der Waals surface area contributed by atoms with Gasteiger partial charge in [-0.05, 0) is 38.1 Å². The summed E-state index contributed by atoms with van der Waals surface area (Å²) in [6.45, 7) is 10.8. The van der Waals surface area contributed by atoms with Crippen LogP contribution in [0.15, 0.2) is 18.2 Å². The molecule has 0 bridgehead atoms. The third kappa shape index (κ3) is 3.19. The van der Waals surface area contributed by atoms with Gasteiger partial charge in [-0.25, -0.2) is 0 Å². The molecular weight excluding hydrogens is 240 g/mol.